The van der Waals surface area contributed by atoms with E-state index in [1.165, 1.54) is 12.1 Å². The monoisotopic (exact) mass is 436 g/mol. The zero-order chi connectivity index (χ0) is 22.6. The SMILES string of the molecule is Cc1c(/C=C2\C(=O)Nc3ccc(F)cc32)[nH]c2c1C(=O)N(CC1(C)CCN(C)CC1)CC2. The molecular weight excluding hydrogens is 407 g/mol. The van der Waals surface area contributed by atoms with Crippen LogP contribution in [-0.4, -0.2) is 59.8 Å². The van der Waals surface area contributed by atoms with Crippen molar-refractivity contribution in [1.82, 2.24) is 14.8 Å². The van der Waals surface area contributed by atoms with Gasteiger partial charge in [-0.05, 0) is 75.2 Å². The Kier molecular flexibility index (Phi) is 4.97. The van der Waals surface area contributed by atoms with Crippen LogP contribution in [0.4, 0.5) is 10.1 Å². The first-order chi connectivity index (χ1) is 15.2. The zero-order valence-electron chi connectivity index (χ0n) is 18.8. The van der Waals surface area contributed by atoms with Gasteiger partial charge in [0.2, 0.25) is 0 Å². The number of fused-ring (bicyclic) bond motifs is 2. The van der Waals surface area contributed by atoms with Crippen LogP contribution in [0.1, 0.15) is 52.6 Å². The van der Waals surface area contributed by atoms with E-state index < -0.39 is 0 Å². The highest BCUT2D eigenvalue weighted by molar-refractivity contribution is 6.34. The summed E-state index contributed by atoms with van der Waals surface area (Å²) in [6.07, 6.45) is 4.69. The van der Waals surface area contributed by atoms with Gasteiger partial charge in [-0.3, -0.25) is 9.59 Å². The Morgan fingerprint density at radius 3 is 2.69 bits per heavy atom. The molecule has 32 heavy (non-hydrogen) atoms. The van der Waals surface area contributed by atoms with E-state index in [1.54, 1.807) is 12.1 Å². The number of carbonyl (C=O) groups excluding carboxylic acids is 2. The molecule has 1 aromatic heterocycles. The Balaban J connectivity index is 1.43. The van der Waals surface area contributed by atoms with Crippen LogP contribution in [0, 0.1) is 18.2 Å². The number of nitrogens with zero attached hydrogens (tertiary/aromatic N) is 2. The summed E-state index contributed by atoms with van der Waals surface area (Å²) in [5.41, 5.74) is 4.91. The number of anilines is 1. The second-order valence-electron chi connectivity index (χ2n) is 9.81. The van der Waals surface area contributed by atoms with Crippen molar-refractivity contribution >= 4 is 29.2 Å². The van der Waals surface area contributed by atoms with Gasteiger partial charge in [-0.2, -0.15) is 0 Å². The fourth-order valence-corrected chi connectivity index (χ4v) is 5.18. The molecule has 1 fully saturated rings. The Morgan fingerprint density at radius 2 is 1.94 bits per heavy atom. The quantitative estimate of drug-likeness (QED) is 0.722. The number of rotatable bonds is 3. The van der Waals surface area contributed by atoms with Gasteiger partial charge >= 0.3 is 0 Å². The molecule has 3 aliphatic heterocycles. The van der Waals surface area contributed by atoms with E-state index in [4.69, 9.17) is 0 Å². The van der Waals surface area contributed by atoms with Crippen LogP contribution in [0.5, 0.6) is 0 Å². The molecule has 0 saturated carbocycles. The zero-order valence-corrected chi connectivity index (χ0v) is 18.8. The van der Waals surface area contributed by atoms with Gasteiger partial charge in [-0.25, -0.2) is 4.39 Å². The first-order valence-corrected chi connectivity index (χ1v) is 11.3. The molecule has 1 aromatic carbocycles. The van der Waals surface area contributed by atoms with Crippen molar-refractivity contribution in [3.63, 3.8) is 0 Å². The molecular formula is C25H29FN4O2. The lowest BCUT2D eigenvalue weighted by molar-refractivity contribution is -0.110. The number of aromatic amines is 1. The fraction of sp³-hybridized carbons (Fsp3) is 0.440. The summed E-state index contributed by atoms with van der Waals surface area (Å²) in [6.45, 7) is 7.80. The molecule has 2 N–H and O–H groups in total. The number of aromatic nitrogens is 1. The second kappa shape index (κ2) is 7.59. The van der Waals surface area contributed by atoms with Crippen molar-refractivity contribution in [2.24, 2.45) is 5.41 Å². The molecule has 0 radical (unpaired) electrons. The van der Waals surface area contributed by atoms with Gasteiger partial charge in [0.1, 0.15) is 5.82 Å². The number of benzene rings is 1. The summed E-state index contributed by atoms with van der Waals surface area (Å²) < 4.78 is 13.8. The number of carbonyl (C=O) groups is 2. The van der Waals surface area contributed by atoms with E-state index in [0.29, 0.717) is 23.4 Å². The summed E-state index contributed by atoms with van der Waals surface area (Å²) in [4.78, 5) is 33.6. The smallest absolute Gasteiger partial charge is 0.256 e. The molecule has 2 aromatic rings. The number of hydrogen-bond acceptors (Lipinski definition) is 3. The van der Waals surface area contributed by atoms with Gasteiger partial charge < -0.3 is 20.1 Å². The molecule has 7 heteroatoms. The summed E-state index contributed by atoms with van der Waals surface area (Å²) in [6, 6.07) is 4.27. The molecule has 6 nitrogen and oxygen atoms in total. The van der Waals surface area contributed by atoms with Crippen LogP contribution < -0.4 is 5.32 Å². The van der Waals surface area contributed by atoms with Gasteiger partial charge in [0.05, 0.1) is 11.1 Å². The van der Waals surface area contributed by atoms with Crippen molar-refractivity contribution in [1.29, 1.82) is 0 Å². The number of piperidine rings is 1. The molecule has 0 spiro atoms. The molecule has 0 unspecified atom stereocenters. The van der Waals surface area contributed by atoms with Crippen LogP contribution >= 0.6 is 0 Å². The highest BCUT2D eigenvalue weighted by atomic mass is 19.1. The molecule has 0 bridgehead atoms. The van der Waals surface area contributed by atoms with E-state index in [1.807, 2.05) is 11.8 Å². The van der Waals surface area contributed by atoms with E-state index in [9.17, 15) is 14.0 Å². The lowest BCUT2D eigenvalue weighted by Crippen LogP contribution is -2.47. The lowest BCUT2D eigenvalue weighted by Gasteiger charge is -2.42. The third-order valence-corrected chi connectivity index (χ3v) is 7.32. The summed E-state index contributed by atoms with van der Waals surface area (Å²) in [5.74, 6) is -0.588. The Bertz CT molecular complexity index is 1140. The maximum absolute atomic E-state index is 13.8. The van der Waals surface area contributed by atoms with E-state index in [2.05, 4.69) is 29.2 Å². The second-order valence-corrected chi connectivity index (χ2v) is 9.81. The van der Waals surface area contributed by atoms with Crippen molar-refractivity contribution in [2.45, 2.75) is 33.1 Å². The Hall–Kier alpha value is -2.93. The number of likely N-dealkylation sites (tertiary alicyclic amines) is 1. The average Bonchev–Trinajstić information content (AvgIpc) is 3.24. The van der Waals surface area contributed by atoms with E-state index in [0.717, 1.165) is 61.4 Å². The largest absolute Gasteiger partial charge is 0.358 e. The molecule has 5 rings (SSSR count). The first-order valence-electron chi connectivity index (χ1n) is 11.3. The molecule has 3 aliphatic rings. The number of halogens is 1. The first kappa shape index (κ1) is 20.9. The normalized spacial score (nSPS) is 21.6. The highest BCUT2D eigenvalue weighted by Gasteiger charge is 2.36. The lowest BCUT2D eigenvalue weighted by atomic mass is 9.79. The molecule has 0 atom stereocenters. The van der Waals surface area contributed by atoms with Crippen LogP contribution in [0.3, 0.4) is 0 Å². The van der Waals surface area contributed by atoms with Crippen LogP contribution in [-0.2, 0) is 11.2 Å². The number of hydrogen-bond donors (Lipinski definition) is 2. The standard InChI is InChI=1S/C25H29FN4O2/c1-15-21(13-18-17-12-16(26)4-5-19(17)28-23(18)31)27-20-6-9-30(24(32)22(15)20)14-25(2)7-10-29(3)11-8-25/h4-5,12-13,27H,6-11,14H2,1-3H3,(H,28,31)/b18-13-. The van der Waals surface area contributed by atoms with Crippen molar-refractivity contribution < 1.29 is 14.0 Å². The minimum atomic E-state index is -0.387. The minimum absolute atomic E-state index is 0.0621. The number of H-pyrrole nitrogens is 1. The molecule has 4 heterocycles. The van der Waals surface area contributed by atoms with Gasteiger partial charge in [0.15, 0.2) is 0 Å². The number of amides is 2. The van der Waals surface area contributed by atoms with Crippen molar-refractivity contribution in [3.8, 4) is 0 Å². The van der Waals surface area contributed by atoms with Crippen LogP contribution in [0.25, 0.3) is 11.6 Å². The van der Waals surface area contributed by atoms with Gasteiger partial charge in [0.25, 0.3) is 11.8 Å². The van der Waals surface area contributed by atoms with Gasteiger partial charge in [0, 0.05) is 42.1 Å². The van der Waals surface area contributed by atoms with Crippen LogP contribution in [0.2, 0.25) is 0 Å². The van der Waals surface area contributed by atoms with Gasteiger partial charge in [-0.15, -0.1) is 0 Å². The summed E-state index contributed by atoms with van der Waals surface area (Å²) in [7, 11) is 2.15. The molecule has 0 aliphatic carbocycles. The maximum Gasteiger partial charge on any atom is 0.256 e. The molecule has 1 saturated heterocycles. The number of nitrogens with one attached hydrogen (secondary N) is 2. The third-order valence-electron chi connectivity index (χ3n) is 7.32. The van der Waals surface area contributed by atoms with E-state index in [-0.39, 0.29) is 23.0 Å². The predicted molar refractivity (Wildman–Crippen MR) is 123 cm³/mol. The maximum atomic E-state index is 13.8. The summed E-state index contributed by atoms with van der Waals surface area (Å²) in [5, 5.41) is 2.78. The topological polar surface area (TPSA) is 68.4 Å². The Labute approximate surface area is 187 Å². The fourth-order valence-electron chi connectivity index (χ4n) is 5.18. The van der Waals surface area contributed by atoms with Crippen molar-refractivity contribution in [3.05, 3.63) is 52.1 Å². The predicted octanol–water partition coefficient (Wildman–Crippen LogP) is 3.69. The van der Waals surface area contributed by atoms with Gasteiger partial charge in [-0.1, -0.05) is 6.92 Å². The van der Waals surface area contributed by atoms with Crippen molar-refractivity contribution in [2.75, 3.05) is 38.5 Å². The summed E-state index contributed by atoms with van der Waals surface area (Å²) >= 11 is 0. The highest BCUT2D eigenvalue weighted by Crippen LogP contribution is 2.36. The third kappa shape index (κ3) is 3.54. The minimum Gasteiger partial charge on any atom is -0.358 e. The van der Waals surface area contributed by atoms with Crippen LogP contribution in [0.15, 0.2) is 18.2 Å². The average molecular weight is 437 g/mol. The molecule has 168 valence electrons. The molecule has 2 amide bonds. The van der Waals surface area contributed by atoms with E-state index >= 15 is 0 Å². The Morgan fingerprint density at radius 1 is 1.19 bits per heavy atom.